The van der Waals surface area contributed by atoms with Gasteiger partial charge in [0.15, 0.2) is 5.17 Å². The summed E-state index contributed by atoms with van der Waals surface area (Å²) in [6, 6.07) is 16.9. The van der Waals surface area contributed by atoms with Crippen LogP contribution in [0.15, 0.2) is 70.6 Å². The largest absolute Gasteiger partial charge is 0.497 e. The fourth-order valence-electron chi connectivity index (χ4n) is 2.43. The van der Waals surface area contributed by atoms with Crippen LogP contribution in [0.3, 0.4) is 0 Å². The van der Waals surface area contributed by atoms with Gasteiger partial charge < -0.3 is 14.8 Å². The molecule has 0 aliphatic carbocycles. The highest BCUT2D eigenvalue weighted by Crippen LogP contribution is 2.35. The highest BCUT2D eigenvalue weighted by Gasteiger charge is 2.27. The molecule has 1 aliphatic heterocycles. The van der Waals surface area contributed by atoms with Crippen molar-refractivity contribution in [3.05, 3.63) is 71.1 Å². The summed E-state index contributed by atoms with van der Waals surface area (Å²) in [4.78, 5) is 16.8. The van der Waals surface area contributed by atoms with E-state index in [9.17, 15) is 4.79 Å². The molecule has 0 aromatic heterocycles. The van der Waals surface area contributed by atoms with Crippen molar-refractivity contribution in [1.29, 1.82) is 0 Å². The molecule has 0 bridgehead atoms. The molecule has 1 aliphatic rings. The Balaban J connectivity index is 1.90. The lowest BCUT2D eigenvalue weighted by atomic mass is 10.0. The van der Waals surface area contributed by atoms with Crippen LogP contribution in [0.1, 0.15) is 11.6 Å². The highest BCUT2D eigenvalue weighted by atomic mass is 32.2. The van der Waals surface area contributed by atoms with Crippen molar-refractivity contribution in [3.63, 3.8) is 0 Å². The van der Waals surface area contributed by atoms with E-state index >= 15 is 0 Å². The van der Waals surface area contributed by atoms with Crippen LogP contribution in [0.25, 0.3) is 0 Å². The number of aliphatic imine (C=N–C) groups is 1. The van der Waals surface area contributed by atoms with Crippen molar-refractivity contribution in [3.8, 4) is 5.75 Å². The molecule has 3 rings (SSSR count). The number of hydrogen-bond donors (Lipinski definition) is 1. The average molecular weight is 354 g/mol. The van der Waals surface area contributed by atoms with Gasteiger partial charge in [-0.15, -0.1) is 0 Å². The topological polar surface area (TPSA) is 59.9 Å². The van der Waals surface area contributed by atoms with Crippen LogP contribution >= 0.6 is 11.8 Å². The minimum Gasteiger partial charge on any atom is -0.497 e. The van der Waals surface area contributed by atoms with Gasteiger partial charge in [-0.3, -0.25) is 0 Å². The molecule has 2 aromatic rings. The molecule has 6 heteroatoms. The maximum atomic E-state index is 12.1. The number of nitrogens with one attached hydrogen (secondary N) is 1. The molecule has 0 spiro atoms. The summed E-state index contributed by atoms with van der Waals surface area (Å²) >= 11 is 1.37. The molecule has 1 unspecified atom stereocenters. The zero-order valence-electron chi connectivity index (χ0n) is 13.9. The zero-order chi connectivity index (χ0) is 17.6. The molecule has 1 heterocycles. The maximum Gasteiger partial charge on any atom is 0.336 e. The van der Waals surface area contributed by atoms with Crippen LogP contribution in [0.5, 0.6) is 5.75 Å². The summed E-state index contributed by atoms with van der Waals surface area (Å²) in [6.45, 7) is 0. The smallest absolute Gasteiger partial charge is 0.336 e. The van der Waals surface area contributed by atoms with Crippen LogP contribution in [0, 0.1) is 0 Å². The van der Waals surface area contributed by atoms with Crippen molar-refractivity contribution in [1.82, 2.24) is 0 Å². The van der Waals surface area contributed by atoms with E-state index < -0.39 is 6.04 Å². The van der Waals surface area contributed by atoms with Gasteiger partial charge in [-0.05, 0) is 35.2 Å². The van der Waals surface area contributed by atoms with E-state index in [1.165, 1.54) is 18.9 Å². The molecule has 128 valence electrons. The number of nitrogens with zero attached hydrogens (tertiary/aromatic N) is 1. The first-order valence-electron chi connectivity index (χ1n) is 7.70. The standard InChI is InChI=1S/C19H18N2O3S/c1-23-15-10-8-13(9-11-15)17-16(18(22)24-2)12-25-19(21-17)20-14-6-4-3-5-7-14/h3-12,17H,1-2H3,(H,20,21). The van der Waals surface area contributed by atoms with Gasteiger partial charge in [0, 0.05) is 5.69 Å². The summed E-state index contributed by atoms with van der Waals surface area (Å²) in [7, 11) is 2.99. The van der Waals surface area contributed by atoms with E-state index in [0.717, 1.165) is 22.2 Å². The minimum atomic E-state index is -0.425. The van der Waals surface area contributed by atoms with Crippen molar-refractivity contribution in [2.24, 2.45) is 4.99 Å². The average Bonchev–Trinajstić information content (AvgIpc) is 2.68. The second-order valence-corrected chi connectivity index (χ2v) is 6.14. The molecule has 0 radical (unpaired) electrons. The first-order valence-corrected chi connectivity index (χ1v) is 8.58. The number of ether oxygens (including phenoxy) is 2. The predicted octanol–water partition coefficient (Wildman–Crippen LogP) is 4.01. The van der Waals surface area contributed by atoms with Gasteiger partial charge in [-0.1, -0.05) is 42.1 Å². The normalized spacial score (nSPS) is 16.5. The van der Waals surface area contributed by atoms with Crippen molar-refractivity contribution in [2.75, 3.05) is 19.5 Å². The van der Waals surface area contributed by atoms with Crippen LogP contribution < -0.4 is 10.1 Å². The Labute approximate surface area is 150 Å². The Morgan fingerprint density at radius 2 is 1.80 bits per heavy atom. The van der Waals surface area contributed by atoms with Crippen molar-refractivity contribution < 1.29 is 14.3 Å². The van der Waals surface area contributed by atoms with E-state index in [1.54, 1.807) is 12.5 Å². The number of methoxy groups -OCH3 is 2. The number of carbonyl (C=O) groups is 1. The number of amidine groups is 1. The lowest BCUT2D eigenvalue weighted by Crippen LogP contribution is -2.19. The predicted molar refractivity (Wildman–Crippen MR) is 101 cm³/mol. The third-order valence-corrected chi connectivity index (χ3v) is 4.52. The Bertz CT molecular complexity index is 801. The molecule has 25 heavy (non-hydrogen) atoms. The molecule has 0 saturated carbocycles. The number of para-hydroxylation sites is 1. The summed E-state index contributed by atoms with van der Waals surface area (Å²) in [5.74, 6) is 0.375. The molecular weight excluding hydrogens is 336 g/mol. The molecular formula is C19H18N2O3S. The number of esters is 1. The summed E-state index contributed by atoms with van der Waals surface area (Å²) < 4.78 is 10.1. The Kier molecular flexibility index (Phi) is 5.40. The van der Waals surface area contributed by atoms with Crippen molar-refractivity contribution >= 4 is 28.6 Å². The van der Waals surface area contributed by atoms with Crippen LogP contribution in [0.4, 0.5) is 5.69 Å². The number of rotatable bonds is 4. The molecule has 1 N–H and O–H groups in total. The lowest BCUT2D eigenvalue weighted by molar-refractivity contribution is -0.136. The number of hydrogen-bond acceptors (Lipinski definition) is 6. The second kappa shape index (κ2) is 7.90. The fraction of sp³-hybridized carbons (Fsp3) is 0.158. The van der Waals surface area contributed by atoms with Gasteiger partial charge in [0.25, 0.3) is 0 Å². The summed E-state index contributed by atoms with van der Waals surface area (Å²) in [5, 5.41) is 5.78. The second-order valence-electron chi connectivity index (χ2n) is 5.28. The lowest BCUT2D eigenvalue weighted by Gasteiger charge is -2.21. The maximum absolute atomic E-state index is 12.1. The molecule has 0 amide bonds. The van der Waals surface area contributed by atoms with Gasteiger partial charge in [-0.25, -0.2) is 9.79 Å². The Morgan fingerprint density at radius 3 is 2.44 bits per heavy atom. The Hall–Kier alpha value is -2.73. The molecule has 0 fully saturated rings. The van der Waals surface area contributed by atoms with E-state index in [0.29, 0.717) is 5.57 Å². The van der Waals surface area contributed by atoms with Gasteiger partial charge in [0.05, 0.1) is 19.8 Å². The fourth-order valence-corrected chi connectivity index (χ4v) is 3.23. The Morgan fingerprint density at radius 1 is 1.08 bits per heavy atom. The molecule has 0 saturated heterocycles. The number of anilines is 1. The molecule has 2 aromatic carbocycles. The molecule has 1 atom stereocenters. The third-order valence-electron chi connectivity index (χ3n) is 3.72. The van der Waals surface area contributed by atoms with Crippen LogP contribution in [-0.2, 0) is 9.53 Å². The monoisotopic (exact) mass is 354 g/mol. The third kappa shape index (κ3) is 4.03. The highest BCUT2D eigenvalue weighted by molar-refractivity contribution is 8.16. The quantitative estimate of drug-likeness (QED) is 0.841. The first-order chi connectivity index (χ1) is 12.2. The number of carbonyl (C=O) groups excluding carboxylic acids is 1. The van der Waals surface area contributed by atoms with Gasteiger partial charge in [-0.2, -0.15) is 0 Å². The first kappa shape index (κ1) is 17.1. The van der Waals surface area contributed by atoms with E-state index in [-0.39, 0.29) is 5.97 Å². The van der Waals surface area contributed by atoms with Crippen LogP contribution in [-0.4, -0.2) is 25.4 Å². The van der Waals surface area contributed by atoms with E-state index in [4.69, 9.17) is 14.5 Å². The number of benzene rings is 2. The minimum absolute atomic E-state index is 0.379. The van der Waals surface area contributed by atoms with Gasteiger partial charge >= 0.3 is 5.97 Å². The summed E-state index contributed by atoms with van der Waals surface area (Å²) in [6.07, 6.45) is 0. The molecule has 5 nitrogen and oxygen atoms in total. The van der Waals surface area contributed by atoms with Crippen molar-refractivity contribution in [2.45, 2.75) is 6.04 Å². The van der Waals surface area contributed by atoms with Crippen LogP contribution in [0.2, 0.25) is 0 Å². The SMILES string of the molecule is COC(=O)C1=CSC(Nc2ccccc2)=NC1c1ccc(OC)cc1. The van der Waals surface area contributed by atoms with Gasteiger partial charge in [0.1, 0.15) is 11.8 Å². The number of thioether (sulfide) groups is 1. The zero-order valence-corrected chi connectivity index (χ0v) is 14.7. The van der Waals surface area contributed by atoms with E-state index in [1.807, 2.05) is 54.6 Å². The summed E-state index contributed by atoms with van der Waals surface area (Å²) in [5.41, 5.74) is 2.35. The van der Waals surface area contributed by atoms with Gasteiger partial charge in [0.2, 0.25) is 0 Å². The van der Waals surface area contributed by atoms with E-state index in [2.05, 4.69) is 5.32 Å².